The molecular formula is C15H26N2O. The van der Waals surface area contributed by atoms with Gasteiger partial charge in [0.1, 0.15) is 0 Å². The molecule has 0 aromatic carbocycles. The molecule has 0 bridgehead atoms. The Hall–Kier alpha value is -1.09. The second-order valence-corrected chi connectivity index (χ2v) is 6.02. The van der Waals surface area contributed by atoms with Crippen LogP contribution < -0.4 is 4.90 Å². The molecule has 1 N–H and O–H groups in total. The average Bonchev–Trinajstić information content (AvgIpc) is 2.35. The molecule has 0 spiro atoms. The van der Waals surface area contributed by atoms with E-state index in [2.05, 4.69) is 44.6 Å². The number of aliphatic hydroxyl groups excluding tert-OH is 1. The van der Waals surface area contributed by atoms with Crippen molar-refractivity contribution in [3.8, 4) is 0 Å². The topological polar surface area (TPSA) is 36.4 Å². The molecule has 0 radical (unpaired) electrons. The molecule has 3 heteroatoms. The zero-order valence-electron chi connectivity index (χ0n) is 12.4. The summed E-state index contributed by atoms with van der Waals surface area (Å²) in [6.45, 7) is 10.9. The molecule has 0 saturated heterocycles. The first kappa shape index (κ1) is 15.0. The summed E-state index contributed by atoms with van der Waals surface area (Å²) in [5.74, 6) is 0. The minimum Gasteiger partial charge on any atom is -0.387 e. The number of hydrogen-bond donors (Lipinski definition) is 1. The fourth-order valence-corrected chi connectivity index (χ4v) is 1.82. The molecule has 1 heterocycles. The summed E-state index contributed by atoms with van der Waals surface area (Å²) in [5.41, 5.74) is 2.05. The molecule has 0 saturated carbocycles. The lowest BCUT2D eigenvalue weighted by molar-refractivity contribution is 0.169. The summed E-state index contributed by atoms with van der Waals surface area (Å²) in [4.78, 5) is 6.57. The summed E-state index contributed by atoms with van der Waals surface area (Å²) in [6, 6.07) is 4.36. The predicted octanol–water partition coefficient (Wildman–Crippen LogP) is 3.40. The number of nitrogens with zero attached hydrogens (tertiary/aromatic N) is 2. The number of rotatable bonds is 4. The van der Waals surface area contributed by atoms with Crippen LogP contribution in [0, 0.1) is 5.41 Å². The van der Waals surface area contributed by atoms with Gasteiger partial charge in [-0.15, -0.1) is 0 Å². The van der Waals surface area contributed by atoms with Crippen LogP contribution in [0.25, 0.3) is 0 Å². The van der Waals surface area contributed by atoms with E-state index in [1.165, 1.54) is 0 Å². The lowest BCUT2D eigenvalue weighted by atomic mass is 9.87. The van der Waals surface area contributed by atoms with E-state index in [9.17, 15) is 5.11 Å². The monoisotopic (exact) mass is 250 g/mol. The minimum absolute atomic E-state index is 0.219. The Morgan fingerprint density at radius 2 is 1.94 bits per heavy atom. The normalized spacial score (nSPS) is 15.3. The third-order valence-corrected chi connectivity index (χ3v) is 3.74. The SMILES string of the molecule is CC[C@H](O)c1ccc(N(C)C(C)C(C)(C)C)cn1. The third-order valence-electron chi connectivity index (χ3n) is 3.74. The molecule has 0 aliphatic heterocycles. The van der Waals surface area contributed by atoms with Gasteiger partial charge < -0.3 is 10.0 Å². The molecule has 1 unspecified atom stereocenters. The molecule has 0 amide bonds. The van der Waals surface area contributed by atoms with Crippen LogP contribution >= 0.6 is 0 Å². The van der Waals surface area contributed by atoms with Gasteiger partial charge >= 0.3 is 0 Å². The first-order chi connectivity index (χ1) is 8.27. The number of hydrogen-bond acceptors (Lipinski definition) is 3. The van der Waals surface area contributed by atoms with Crippen LogP contribution in [-0.2, 0) is 0 Å². The highest BCUT2D eigenvalue weighted by Crippen LogP contribution is 2.27. The molecule has 0 fully saturated rings. The molecular weight excluding hydrogens is 224 g/mol. The molecule has 1 aromatic heterocycles. The van der Waals surface area contributed by atoms with Gasteiger partial charge in [-0.05, 0) is 30.9 Å². The quantitative estimate of drug-likeness (QED) is 0.889. The minimum atomic E-state index is -0.454. The van der Waals surface area contributed by atoms with Gasteiger partial charge in [-0.2, -0.15) is 0 Å². The van der Waals surface area contributed by atoms with Crippen molar-refractivity contribution in [1.29, 1.82) is 0 Å². The summed E-state index contributed by atoms with van der Waals surface area (Å²) < 4.78 is 0. The molecule has 2 atom stereocenters. The van der Waals surface area contributed by atoms with E-state index >= 15 is 0 Å². The lowest BCUT2D eigenvalue weighted by Crippen LogP contribution is -2.39. The van der Waals surface area contributed by atoms with Crippen LogP contribution in [0.15, 0.2) is 18.3 Å². The van der Waals surface area contributed by atoms with Crippen molar-refractivity contribution < 1.29 is 5.11 Å². The Morgan fingerprint density at radius 1 is 1.33 bits per heavy atom. The maximum atomic E-state index is 9.72. The van der Waals surface area contributed by atoms with Crippen molar-refractivity contribution in [3.05, 3.63) is 24.0 Å². The predicted molar refractivity (Wildman–Crippen MR) is 76.8 cm³/mol. The second kappa shape index (κ2) is 5.70. The number of aromatic nitrogens is 1. The molecule has 3 nitrogen and oxygen atoms in total. The van der Waals surface area contributed by atoms with E-state index in [1.54, 1.807) is 0 Å². The first-order valence-electron chi connectivity index (χ1n) is 6.64. The largest absolute Gasteiger partial charge is 0.387 e. The highest BCUT2D eigenvalue weighted by atomic mass is 16.3. The smallest absolute Gasteiger partial charge is 0.0957 e. The highest BCUT2D eigenvalue weighted by Gasteiger charge is 2.24. The van der Waals surface area contributed by atoms with Crippen molar-refractivity contribution >= 4 is 5.69 Å². The fourth-order valence-electron chi connectivity index (χ4n) is 1.82. The number of aliphatic hydroxyl groups is 1. The van der Waals surface area contributed by atoms with Crippen LogP contribution in [0.3, 0.4) is 0 Å². The zero-order chi connectivity index (χ0) is 13.9. The van der Waals surface area contributed by atoms with Gasteiger partial charge in [0, 0.05) is 13.1 Å². The van der Waals surface area contributed by atoms with Gasteiger partial charge in [0.2, 0.25) is 0 Å². The Kier molecular flexibility index (Phi) is 4.74. The molecule has 102 valence electrons. The van der Waals surface area contributed by atoms with Crippen LogP contribution in [0.2, 0.25) is 0 Å². The lowest BCUT2D eigenvalue weighted by Gasteiger charge is -2.36. The summed E-state index contributed by atoms with van der Waals surface area (Å²) in [6.07, 6.45) is 2.08. The van der Waals surface area contributed by atoms with E-state index in [1.807, 2.05) is 25.3 Å². The van der Waals surface area contributed by atoms with Gasteiger partial charge in [-0.25, -0.2) is 0 Å². The Bertz CT molecular complexity index is 367. The summed E-state index contributed by atoms with van der Waals surface area (Å²) >= 11 is 0. The van der Waals surface area contributed by atoms with Crippen LogP contribution in [0.5, 0.6) is 0 Å². The van der Waals surface area contributed by atoms with Crippen LogP contribution in [-0.4, -0.2) is 23.2 Å². The molecule has 0 aliphatic rings. The summed E-state index contributed by atoms with van der Waals surface area (Å²) in [5, 5.41) is 9.72. The van der Waals surface area contributed by atoms with E-state index in [0.29, 0.717) is 12.5 Å². The van der Waals surface area contributed by atoms with Crippen LogP contribution in [0.1, 0.15) is 52.8 Å². The fraction of sp³-hybridized carbons (Fsp3) is 0.667. The maximum absolute atomic E-state index is 9.72. The zero-order valence-corrected chi connectivity index (χ0v) is 12.4. The summed E-state index contributed by atoms with van der Waals surface area (Å²) in [7, 11) is 2.09. The van der Waals surface area contributed by atoms with Gasteiger partial charge in [-0.3, -0.25) is 4.98 Å². The van der Waals surface area contributed by atoms with E-state index in [0.717, 1.165) is 11.4 Å². The molecule has 0 aliphatic carbocycles. The van der Waals surface area contributed by atoms with E-state index < -0.39 is 6.10 Å². The average molecular weight is 250 g/mol. The van der Waals surface area contributed by atoms with Crippen molar-refractivity contribution in [2.75, 3.05) is 11.9 Å². The second-order valence-electron chi connectivity index (χ2n) is 6.02. The Balaban J connectivity index is 2.85. The Morgan fingerprint density at radius 3 is 2.33 bits per heavy atom. The first-order valence-corrected chi connectivity index (χ1v) is 6.64. The number of pyridine rings is 1. The molecule has 18 heavy (non-hydrogen) atoms. The molecule has 1 aromatic rings. The number of anilines is 1. The van der Waals surface area contributed by atoms with E-state index in [4.69, 9.17) is 0 Å². The van der Waals surface area contributed by atoms with Crippen LogP contribution in [0.4, 0.5) is 5.69 Å². The van der Waals surface area contributed by atoms with Crippen molar-refractivity contribution in [1.82, 2.24) is 4.98 Å². The van der Waals surface area contributed by atoms with Gasteiger partial charge in [0.25, 0.3) is 0 Å². The highest BCUT2D eigenvalue weighted by molar-refractivity contribution is 5.45. The van der Waals surface area contributed by atoms with Gasteiger partial charge in [0.15, 0.2) is 0 Å². The van der Waals surface area contributed by atoms with E-state index in [-0.39, 0.29) is 5.41 Å². The van der Waals surface area contributed by atoms with Crippen molar-refractivity contribution in [2.45, 2.75) is 53.2 Å². The van der Waals surface area contributed by atoms with Gasteiger partial charge in [-0.1, -0.05) is 27.7 Å². The van der Waals surface area contributed by atoms with Gasteiger partial charge in [0.05, 0.1) is 23.7 Å². The van der Waals surface area contributed by atoms with Crippen molar-refractivity contribution in [3.63, 3.8) is 0 Å². The Labute approximate surface area is 111 Å². The van der Waals surface area contributed by atoms with Crippen molar-refractivity contribution in [2.24, 2.45) is 5.41 Å². The standard InChI is InChI=1S/C15H26N2O/c1-7-14(18)13-9-8-12(10-16-13)17(6)11(2)15(3,4)5/h8-11,14,18H,7H2,1-6H3/t11?,14-/m0/s1. The maximum Gasteiger partial charge on any atom is 0.0957 e. The third kappa shape index (κ3) is 3.45. The molecule has 1 rings (SSSR count).